The number of rotatable bonds is 14. The Morgan fingerprint density at radius 3 is 2.19 bits per heavy atom. The number of hydrogen-bond donors (Lipinski definition) is 4. The molecule has 2 aliphatic rings. The minimum Gasteiger partial charge on any atom is -0.447 e. The number of carbonyl (C=O) groups is 7. The van der Waals surface area contributed by atoms with E-state index in [9.17, 15) is 33.6 Å². The van der Waals surface area contributed by atoms with Gasteiger partial charge in [-0.1, -0.05) is 64.4 Å². The van der Waals surface area contributed by atoms with Gasteiger partial charge >= 0.3 is 6.09 Å². The summed E-state index contributed by atoms with van der Waals surface area (Å²) in [4.78, 5) is 94.4. The molecular weight excluding hydrogens is 620 g/mol. The van der Waals surface area contributed by atoms with E-state index in [0.29, 0.717) is 18.5 Å². The third-order valence-corrected chi connectivity index (χ3v) is 8.39. The van der Waals surface area contributed by atoms with Crippen molar-refractivity contribution in [2.75, 3.05) is 27.2 Å². The Hall–Kier alpha value is -4.49. The average molecular weight is 671 g/mol. The van der Waals surface area contributed by atoms with Gasteiger partial charge in [0.2, 0.25) is 29.4 Å². The van der Waals surface area contributed by atoms with Crippen LogP contribution >= 0.6 is 0 Å². The Balaban J connectivity index is 1.66. The van der Waals surface area contributed by atoms with Gasteiger partial charge in [0.25, 0.3) is 5.91 Å². The topological polar surface area (TPSA) is 183 Å². The zero-order chi connectivity index (χ0) is 35.9. The van der Waals surface area contributed by atoms with Crippen LogP contribution in [0.15, 0.2) is 30.3 Å². The minimum absolute atomic E-state index is 0.102. The van der Waals surface area contributed by atoms with Crippen LogP contribution in [0.5, 0.6) is 0 Å². The average Bonchev–Trinajstić information content (AvgIpc) is 3.67. The molecule has 0 bridgehead atoms. The smallest absolute Gasteiger partial charge is 0.408 e. The number of carbonyl (C=O) groups excluding carboxylic acids is 7. The summed E-state index contributed by atoms with van der Waals surface area (Å²) < 4.78 is 5.20. The van der Waals surface area contributed by atoms with Gasteiger partial charge in [0.15, 0.2) is 0 Å². The lowest BCUT2D eigenvalue weighted by Gasteiger charge is -2.36. The molecule has 48 heavy (non-hydrogen) atoms. The fourth-order valence-corrected chi connectivity index (χ4v) is 5.83. The van der Waals surface area contributed by atoms with Gasteiger partial charge in [0.05, 0.1) is 18.7 Å². The maximum absolute atomic E-state index is 13.8. The first-order valence-corrected chi connectivity index (χ1v) is 16.4. The molecule has 14 nitrogen and oxygen atoms in total. The Morgan fingerprint density at radius 2 is 1.62 bits per heavy atom. The largest absolute Gasteiger partial charge is 0.447 e. The number of piperidine rings is 1. The zero-order valence-corrected chi connectivity index (χ0v) is 29.1. The van der Waals surface area contributed by atoms with Gasteiger partial charge < -0.3 is 35.8 Å². The summed E-state index contributed by atoms with van der Waals surface area (Å²) in [6.45, 7) is 10.3. The van der Waals surface area contributed by atoms with Gasteiger partial charge in [0.1, 0.15) is 18.1 Å². The van der Waals surface area contributed by atoms with E-state index < -0.39 is 77.7 Å². The van der Waals surface area contributed by atoms with Crippen molar-refractivity contribution in [2.45, 2.75) is 91.1 Å². The number of likely N-dealkylation sites (tertiary alicyclic amines) is 1. The van der Waals surface area contributed by atoms with Gasteiger partial charge in [0, 0.05) is 20.6 Å². The van der Waals surface area contributed by atoms with Crippen LogP contribution in [0, 0.1) is 17.3 Å². The highest BCUT2D eigenvalue weighted by molar-refractivity contribution is 6.38. The lowest BCUT2D eigenvalue weighted by atomic mass is 9.85. The number of fused-ring (bicyclic) bond motifs is 1. The summed E-state index contributed by atoms with van der Waals surface area (Å²) in [5, 5.41) is 10.3. The summed E-state index contributed by atoms with van der Waals surface area (Å²) in [7, 11) is 3.11. The molecule has 4 N–H and O–H groups in total. The number of alkyl carbamates (subject to hydrolysis) is 1. The molecule has 264 valence electrons. The third-order valence-electron chi connectivity index (χ3n) is 8.39. The number of benzene rings is 1. The van der Waals surface area contributed by atoms with Crippen molar-refractivity contribution in [1.82, 2.24) is 31.1 Å². The van der Waals surface area contributed by atoms with Crippen molar-refractivity contribution >= 4 is 41.4 Å². The van der Waals surface area contributed by atoms with E-state index >= 15 is 0 Å². The molecule has 1 saturated heterocycles. The molecule has 14 heteroatoms. The third kappa shape index (κ3) is 9.77. The highest BCUT2D eigenvalue weighted by Crippen LogP contribution is 2.50. The van der Waals surface area contributed by atoms with Crippen LogP contribution < -0.4 is 21.3 Å². The van der Waals surface area contributed by atoms with Crippen LogP contribution in [-0.4, -0.2) is 103 Å². The summed E-state index contributed by atoms with van der Waals surface area (Å²) in [6, 6.07) is 4.58. The monoisotopic (exact) mass is 670 g/mol. The molecule has 0 unspecified atom stereocenters. The lowest BCUT2D eigenvalue weighted by Crippen LogP contribution is -2.60. The lowest BCUT2D eigenvalue weighted by molar-refractivity contribution is -0.145. The van der Waals surface area contributed by atoms with Crippen molar-refractivity contribution in [3.05, 3.63) is 35.9 Å². The number of amides is 6. The normalized spacial score (nSPS) is 20.0. The summed E-state index contributed by atoms with van der Waals surface area (Å²) in [6.07, 6.45) is 0.226. The fourth-order valence-electron chi connectivity index (χ4n) is 5.83. The van der Waals surface area contributed by atoms with Gasteiger partial charge in [-0.15, -0.1) is 0 Å². The molecule has 1 heterocycles. The SMILES string of the molecule is CCC[C@H](NC(=O)[C@@H]1[C@H]2C[C@H]2CN1C(=O)[C@@H](NC(=O)OC(C)C)C(C)(C)C)C(=O)C(=O)NCC(=O)N[C@H](C(=O)N(C)C)c1ccccc1. The number of Topliss-reactive ketones (excluding diaryl/α,β-unsaturated/α-hetero) is 1. The summed E-state index contributed by atoms with van der Waals surface area (Å²) in [5.74, 6) is -4.03. The molecule has 1 aliphatic heterocycles. The second-order valence-corrected chi connectivity index (χ2v) is 14.0. The van der Waals surface area contributed by atoms with Crippen molar-refractivity contribution in [2.24, 2.45) is 17.3 Å². The Kier molecular flexibility index (Phi) is 12.7. The van der Waals surface area contributed by atoms with Crippen LogP contribution in [0.2, 0.25) is 0 Å². The molecular formula is C34H50N6O8. The molecule has 6 atom stereocenters. The Bertz CT molecular complexity index is 1380. The van der Waals surface area contributed by atoms with Gasteiger partial charge in [-0.05, 0) is 49.5 Å². The molecule has 1 aromatic rings. The number of likely N-dealkylation sites (N-methyl/N-ethyl adjacent to an activating group) is 1. The zero-order valence-electron chi connectivity index (χ0n) is 29.1. The van der Waals surface area contributed by atoms with Crippen LogP contribution in [-0.2, 0) is 33.5 Å². The van der Waals surface area contributed by atoms with E-state index in [4.69, 9.17) is 4.74 Å². The Labute approximate surface area is 282 Å². The highest BCUT2D eigenvalue weighted by atomic mass is 16.6. The first-order chi connectivity index (χ1) is 22.5. The van der Waals surface area contributed by atoms with E-state index in [1.807, 2.05) is 0 Å². The number of hydrogen-bond acceptors (Lipinski definition) is 8. The van der Waals surface area contributed by atoms with Crippen molar-refractivity contribution < 1.29 is 38.3 Å². The molecule has 0 spiro atoms. The second kappa shape index (κ2) is 16.1. The van der Waals surface area contributed by atoms with Gasteiger partial charge in [-0.3, -0.25) is 28.8 Å². The quantitative estimate of drug-likeness (QED) is 0.214. The second-order valence-electron chi connectivity index (χ2n) is 14.0. The predicted molar refractivity (Wildman–Crippen MR) is 176 cm³/mol. The van der Waals surface area contributed by atoms with E-state index in [1.165, 1.54) is 9.80 Å². The van der Waals surface area contributed by atoms with Crippen molar-refractivity contribution in [1.29, 1.82) is 0 Å². The number of ketones is 1. The van der Waals surface area contributed by atoms with Crippen molar-refractivity contribution in [3.8, 4) is 0 Å². The Morgan fingerprint density at radius 1 is 0.979 bits per heavy atom. The maximum Gasteiger partial charge on any atom is 0.408 e. The van der Waals surface area contributed by atoms with Crippen LogP contribution in [0.1, 0.15) is 72.4 Å². The molecule has 0 aromatic heterocycles. The maximum atomic E-state index is 13.8. The van der Waals surface area contributed by atoms with E-state index in [2.05, 4.69) is 21.3 Å². The molecule has 1 aromatic carbocycles. The first kappa shape index (κ1) is 38.0. The molecule has 0 radical (unpaired) electrons. The van der Waals surface area contributed by atoms with Crippen LogP contribution in [0.4, 0.5) is 4.79 Å². The van der Waals surface area contributed by atoms with Crippen LogP contribution in [0.25, 0.3) is 0 Å². The van der Waals surface area contributed by atoms with Crippen molar-refractivity contribution in [3.63, 3.8) is 0 Å². The van der Waals surface area contributed by atoms with E-state index in [1.54, 1.807) is 86.0 Å². The summed E-state index contributed by atoms with van der Waals surface area (Å²) in [5.41, 5.74) is -0.151. The van der Waals surface area contributed by atoms with Crippen LogP contribution in [0.3, 0.4) is 0 Å². The molecule has 1 aliphatic carbocycles. The highest BCUT2D eigenvalue weighted by Gasteiger charge is 2.58. The number of nitrogens with one attached hydrogen (secondary N) is 4. The molecule has 6 amide bonds. The van der Waals surface area contributed by atoms with Gasteiger partial charge in [-0.2, -0.15) is 0 Å². The van der Waals surface area contributed by atoms with E-state index in [0.717, 1.165) is 6.42 Å². The fraction of sp³-hybridized carbons (Fsp3) is 0.618. The molecule has 3 rings (SSSR count). The number of ether oxygens (including phenoxy) is 1. The van der Waals surface area contributed by atoms with Gasteiger partial charge in [-0.25, -0.2) is 4.79 Å². The minimum atomic E-state index is -1.19. The first-order valence-electron chi connectivity index (χ1n) is 16.4. The standard InChI is InChI=1S/C34H50N6O8/c1-9-13-23(27(42)30(44)35-17-24(41)37-25(31(45)39(7)8)20-14-11-10-12-15-20)36-29(43)26-22-16-21(22)18-40(26)32(46)28(34(4,5)6)38-33(47)48-19(2)3/h10-12,14-15,19,21-23,25-26,28H,9,13,16-18H2,1-8H3,(H,35,44)(H,36,43)(H,37,41)(H,38,47)/t21-,22-,23-,25-,26-,28+/m0/s1. The number of nitrogens with zero attached hydrogens (tertiary/aromatic N) is 2. The molecule has 2 fully saturated rings. The summed E-state index contributed by atoms with van der Waals surface area (Å²) >= 11 is 0. The van der Waals surface area contributed by atoms with E-state index in [-0.39, 0.29) is 24.2 Å². The predicted octanol–water partition coefficient (Wildman–Crippen LogP) is 1.30. The molecule has 1 saturated carbocycles.